The second-order valence-electron chi connectivity index (χ2n) is 2.62. The Hall–Kier alpha value is -1.40. The molecule has 0 bridgehead atoms. The number of allylic oxidation sites excluding steroid dienone is 1. The lowest BCUT2D eigenvalue weighted by Gasteiger charge is -2.23. The number of rotatable bonds is 1. The van der Waals surface area contributed by atoms with Crippen molar-refractivity contribution in [3.8, 4) is 0 Å². The Balaban J connectivity index is 2.98. The first kappa shape index (κ1) is 8.69. The maximum absolute atomic E-state index is 10.3. The number of aliphatic hydroxyl groups is 1. The van der Waals surface area contributed by atoms with E-state index in [2.05, 4.69) is 0 Å². The van der Waals surface area contributed by atoms with Crippen molar-refractivity contribution in [2.45, 2.75) is 11.8 Å². The summed E-state index contributed by atoms with van der Waals surface area (Å²) >= 11 is 0. The van der Waals surface area contributed by atoms with Gasteiger partial charge in [-0.05, 0) is 12.2 Å². The van der Waals surface area contributed by atoms with Crippen molar-refractivity contribution in [2.24, 2.45) is 11.5 Å². The van der Waals surface area contributed by atoms with Gasteiger partial charge >= 0.3 is 0 Å². The number of nitrogens with zero attached hydrogens (tertiary/aromatic N) is 1. The lowest BCUT2D eigenvalue weighted by atomic mass is 9.99. The average molecular weight is 171 g/mol. The normalized spacial score (nSPS) is 34.5. The second-order valence-corrected chi connectivity index (χ2v) is 2.62. The largest absolute Gasteiger partial charge is 0.399 e. The van der Waals surface area contributed by atoms with Crippen LogP contribution in [0.25, 0.3) is 0 Å². The van der Waals surface area contributed by atoms with Gasteiger partial charge in [0.15, 0.2) is 0 Å². The molecule has 1 aliphatic carbocycles. The van der Waals surface area contributed by atoms with E-state index >= 15 is 0 Å². The minimum Gasteiger partial charge on any atom is -0.399 e. The summed E-state index contributed by atoms with van der Waals surface area (Å²) < 4.78 is 0. The van der Waals surface area contributed by atoms with Gasteiger partial charge in [0.2, 0.25) is 5.72 Å². The van der Waals surface area contributed by atoms with Gasteiger partial charge in [0.05, 0.1) is 0 Å². The summed E-state index contributed by atoms with van der Waals surface area (Å²) in [7, 11) is 0. The highest BCUT2D eigenvalue weighted by Gasteiger charge is 2.40. The Morgan fingerprint density at radius 3 is 2.75 bits per heavy atom. The van der Waals surface area contributed by atoms with E-state index in [-0.39, 0.29) is 5.70 Å². The van der Waals surface area contributed by atoms with Gasteiger partial charge in [-0.15, -0.1) is 0 Å². The molecule has 66 valence electrons. The zero-order chi connectivity index (χ0) is 9.35. The summed E-state index contributed by atoms with van der Waals surface area (Å²) in [5, 5.41) is 19.6. The molecule has 5 N–H and O–H groups in total. The van der Waals surface area contributed by atoms with Gasteiger partial charge in [-0.25, -0.2) is 0 Å². The molecule has 2 atom stereocenters. The molecule has 0 fully saturated rings. The smallest absolute Gasteiger partial charge is 0.278 e. The van der Waals surface area contributed by atoms with E-state index in [4.69, 9.17) is 11.5 Å². The van der Waals surface area contributed by atoms with Gasteiger partial charge in [-0.3, -0.25) is 15.8 Å². The quantitative estimate of drug-likeness (QED) is 0.257. The minimum absolute atomic E-state index is 0.229. The maximum atomic E-state index is 10.3. The van der Waals surface area contributed by atoms with Crippen molar-refractivity contribution in [3.05, 3.63) is 34.0 Å². The van der Waals surface area contributed by atoms with Crippen LogP contribution in [0.5, 0.6) is 0 Å². The van der Waals surface area contributed by atoms with Gasteiger partial charge in [-0.1, -0.05) is 0 Å². The molecule has 0 saturated heterocycles. The summed E-state index contributed by atoms with van der Waals surface area (Å²) in [5.74, 6) is 0. The van der Waals surface area contributed by atoms with Crippen LogP contribution in [-0.4, -0.2) is 21.8 Å². The Labute approximate surface area is 68.3 Å². The van der Waals surface area contributed by atoms with Gasteiger partial charge in [0, 0.05) is 16.7 Å². The molecule has 0 heterocycles. The Morgan fingerprint density at radius 2 is 2.33 bits per heavy atom. The molecule has 0 aliphatic heterocycles. The van der Waals surface area contributed by atoms with Crippen LogP contribution in [0.15, 0.2) is 23.9 Å². The van der Waals surface area contributed by atoms with E-state index < -0.39 is 16.7 Å². The van der Waals surface area contributed by atoms with Crippen molar-refractivity contribution >= 4 is 0 Å². The minimum atomic E-state index is -1.94. The van der Waals surface area contributed by atoms with E-state index in [1.807, 2.05) is 0 Å². The third-order valence-corrected chi connectivity index (χ3v) is 1.59. The molecule has 0 aromatic rings. The van der Waals surface area contributed by atoms with E-state index in [1.54, 1.807) is 0 Å². The van der Waals surface area contributed by atoms with Crippen LogP contribution < -0.4 is 11.5 Å². The van der Waals surface area contributed by atoms with E-state index in [0.29, 0.717) is 0 Å². The fourth-order valence-corrected chi connectivity index (χ4v) is 0.929. The third-order valence-electron chi connectivity index (χ3n) is 1.59. The van der Waals surface area contributed by atoms with Crippen molar-refractivity contribution < 1.29 is 10.0 Å². The van der Waals surface area contributed by atoms with E-state index in [0.717, 1.165) is 12.2 Å². The van der Waals surface area contributed by atoms with Crippen LogP contribution in [0.4, 0.5) is 0 Å². The molecule has 12 heavy (non-hydrogen) atoms. The monoisotopic (exact) mass is 171 g/mol. The first-order chi connectivity index (χ1) is 5.43. The van der Waals surface area contributed by atoms with Crippen LogP contribution in [-0.2, 0) is 0 Å². The summed E-state index contributed by atoms with van der Waals surface area (Å²) in [6.45, 7) is 0. The fourth-order valence-electron chi connectivity index (χ4n) is 0.929. The Kier molecular flexibility index (Phi) is 1.87. The van der Waals surface area contributed by atoms with Gasteiger partial charge < -0.3 is 10.8 Å². The number of hydrogen-bond donors (Lipinski definition) is 3. The van der Waals surface area contributed by atoms with Crippen molar-refractivity contribution in [3.63, 3.8) is 0 Å². The van der Waals surface area contributed by atoms with Gasteiger partial charge in [0.25, 0.3) is 6.04 Å². The third kappa shape index (κ3) is 1.44. The summed E-state index contributed by atoms with van der Waals surface area (Å²) in [6.07, 6.45) is 3.55. The van der Waals surface area contributed by atoms with E-state index in [9.17, 15) is 15.2 Å². The molecule has 1 rings (SSSR count). The van der Waals surface area contributed by atoms with E-state index in [1.165, 1.54) is 6.08 Å². The maximum Gasteiger partial charge on any atom is 0.278 e. The summed E-state index contributed by atoms with van der Waals surface area (Å²) in [6, 6.07) is -1.37. The first-order valence-corrected chi connectivity index (χ1v) is 3.25. The molecule has 0 amide bonds. The lowest BCUT2D eigenvalue weighted by molar-refractivity contribution is -0.528. The van der Waals surface area contributed by atoms with Crippen LogP contribution in [0.2, 0.25) is 0 Å². The lowest BCUT2D eigenvalue weighted by Crippen LogP contribution is -2.53. The molecule has 0 saturated carbocycles. The standard InChI is InChI=1S/C6H9N3O3/c7-4-1-2-6(8,10)5(3-4)9(11)12/h1-3,5,10H,7-8H2. The topological polar surface area (TPSA) is 115 Å². The molecular weight excluding hydrogens is 162 g/mol. The molecule has 1 aliphatic rings. The Bertz CT molecular complexity index is 269. The molecule has 0 aromatic heterocycles. The molecule has 0 spiro atoms. The zero-order valence-corrected chi connectivity index (χ0v) is 6.18. The van der Waals surface area contributed by atoms with Crippen LogP contribution in [0.1, 0.15) is 0 Å². The number of hydrogen-bond acceptors (Lipinski definition) is 5. The van der Waals surface area contributed by atoms with Gasteiger partial charge in [0.1, 0.15) is 0 Å². The van der Waals surface area contributed by atoms with Crippen LogP contribution in [0.3, 0.4) is 0 Å². The van der Waals surface area contributed by atoms with Crippen molar-refractivity contribution in [2.75, 3.05) is 0 Å². The number of nitro groups is 1. The fraction of sp³-hybridized carbons (Fsp3) is 0.333. The molecule has 6 heteroatoms. The van der Waals surface area contributed by atoms with Crippen molar-refractivity contribution in [1.82, 2.24) is 0 Å². The van der Waals surface area contributed by atoms with Gasteiger partial charge in [-0.2, -0.15) is 0 Å². The summed E-state index contributed by atoms with van der Waals surface area (Å²) in [4.78, 5) is 9.66. The highest BCUT2D eigenvalue weighted by Crippen LogP contribution is 2.16. The Morgan fingerprint density at radius 1 is 1.75 bits per heavy atom. The predicted molar refractivity (Wildman–Crippen MR) is 41.3 cm³/mol. The van der Waals surface area contributed by atoms with Crippen LogP contribution in [0, 0.1) is 10.1 Å². The molecule has 2 unspecified atom stereocenters. The van der Waals surface area contributed by atoms with Crippen LogP contribution >= 0.6 is 0 Å². The number of nitrogens with two attached hydrogens (primary N) is 2. The highest BCUT2D eigenvalue weighted by molar-refractivity contribution is 5.27. The molecular formula is C6H9N3O3. The molecule has 6 nitrogen and oxygen atoms in total. The first-order valence-electron chi connectivity index (χ1n) is 3.25. The zero-order valence-electron chi connectivity index (χ0n) is 6.18. The van der Waals surface area contributed by atoms with Crippen molar-refractivity contribution in [1.29, 1.82) is 0 Å². The summed E-state index contributed by atoms with van der Waals surface area (Å²) in [5.41, 5.74) is 8.79. The second kappa shape index (κ2) is 2.58. The molecule has 0 aromatic carbocycles. The average Bonchev–Trinajstić information content (AvgIpc) is 1.94. The molecule has 0 radical (unpaired) electrons. The highest BCUT2D eigenvalue weighted by atomic mass is 16.6. The predicted octanol–water partition coefficient (Wildman–Crippen LogP) is -1.31. The SMILES string of the molecule is NC1=CC([N+](=O)[O-])C(N)(O)C=C1.